The molecule has 2 aliphatic rings. The van der Waals surface area contributed by atoms with E-state index in [2.05, 4.69) is 10.6 Å². The molecule has 8 nitrogen and oxygen atoms in total. The van der Waals surface area contributed by atoms with E-state index in [1.807, 2.05) is 0 Å². The number of carbonyl (C=O) groups excluding carboxylic acids is 3. The summed E-state index contributed by atoms with van der Waals surface area (Å²) < 4.78 is 24.5. The molecule has 31 heavy (non-hydrogen) atoms. The maximum absolute atomic E-state index is 14.0. The molecule has 2 N–H and O–H groups in total. The molecule has 2 aliphatic heterocycles. The standard InChI is InChI=1S/C21H27ClFN3O5/c1-12(10-21(11-30-2)19(28)24-20(29)25-21)18(27)26-6-4-13(5-7-26)14-8-16(23)15(22)9-17(14)31-3/h8-9,12-13H,4-7,10-11H2,1-3H3,(H2,24,25,28,29)/t12?,21-/m0/s1. The van der Waals surface area contributed by atoms with Crippen molar-refractivity contribution in [1.82, 2.24) is 15.5 Å². The van der Waals surface area contributed by atoms with Gasteiger partial charge >= 0.3 is 6.03 Å². The Morgan fingerprint density at radius 2 is 2.00 bits per heavy atom. The number of benzene rings is 1. The van der Waals surface area contributed by atoms with Gasteiger partial charge in [0.2, 0.25) is 5.91 Å². The third-order valence-corrected chi connectivity index (χ3v) is 6.29. The Bertz CT molecular complexity index is 875. The predicted molar refractivity (Wildman–Crippen MR) is 112 cm³/mol. The average Bonchev–Trinajstić information content (AvgIpc) is 3.01. The number of nitrogens with one attached hydrogen (secondary N) is 2. The van der Waals surface area contributed by atoms with E-state index >= 15 is 0 Å². The summed E-state index contributed by atoms with van der Waals surface area (Å²) in [4.78, 5) is 38.7. The van der Waals surface area contributed by atoms with E-state index in [4.69, 9.17) is 21.1 Å². The van der Waals surface area contributed by atoms with Gasteiger partial charge < -0.3 is 19.7 Å². The van der Waals surface area contributed by atoms with E-state index < -0.39 is 29.2 Å². The van der Waals surface area contributed by atoms with Crippen LogP contribution in [0.5, 0.6) is 5.75 Å². The van der Waals surface area contributed by atoms with Gasteiger partial charge in [-0.1, -0.05) is 18.5 Å². The summed E-state index contributed by atoms with van der Waals surface area (Å²) >= 11 is 5.85. The number of amides is 4. The first-order chi connectivity index (χ1) is 14.7. The zero-order chi connectivity index (χ0) is 22.8. The Balaban J connectivity index is 1.64. The van der Waals surface area contributed by atoms with Crippen LogP contribution < -0.4 is 15.4 Å². The molecular formula is C21H27ClFN3O5. The largest absolute Gasteiger partial charge is 0.496 e. The highest BCUT2D eigenvalue weighted by molar-refractivity contribution is 6.30. The lowest BCUT2D eigenvalue weighted by atomic mass is 9.86. The Morgan fingerprint density at radius 1 is 1.32 bits per heavy atom. The second-order valence-corrected chi connectivity index (χ2v) is 8.54. The quantitative estimate of drug-likeness (QED) is 0.615. The third kappa shape index (κ3) is 4.77. The van der Waals surface area contributed by atoms with Crippen molar-refractivity contribution in [1.29, 1.82) is 0 Å². The van der Waals surface area contributed by atoms with Crippen LogP contribution in [0.25, 0.3) is 0 Å². The number of carbonyl (C=O) groups is 3. The lowest BCUT2D eigenvalue weighted by Gasteiger charge is -2.36. The van der Waals surface area contributed by atoms with Crippen molar-refractivity contribution in [3.05, 3.63) is 28.5 Å². The molecule has 10 heteroatoms. The van der Waals surface area contributed by atoms with Gasteiger partial charge in [0.15, 0.2) is 0 Å². The van der Waals surface area contributed by atoms with Gasteiger partial charge in [-0.2, -0.15) is 0 Å². The molecule has 3 rings (SSSR count). The van der Waals surface area contributed by atoms with Crippen molar-refractivity contribution in [2.75, 3.05) is 33.9 Å². The monoisotopic (exact) mass is 455 g/mol. The highest BCUT2D eigenvalue weighted by atomic mass is 35.5. The van der Waals surface area contributed by atoms with Crippen molar-refractivity contribution >= 4 is 29.4 Å². The number of piperidine rings is 1. The van der Waals surface area contributed by atoms with Crippen molar-refractivity contribution in [2.24, 2.45) is 5.92 Å². The normalized spacial score (nSPS) is 22.8. The molecule has 2 heterocycles. The number of rotatable bonds is 7. The van der Waals surface area contributed by atoms with E-state index in [1.165, 1.54) is 26.4 Å². The topological polar surface area (TPSA) is 97.0 Å². The summed E-state index contributed by atoms with van der Waals surface area (Å²) in [7, 11) is 2.95. The summed E-state index contributed by atoms with van der Waals surface area (Å²) in [6.07, 6.45) is 1.43. The van der Waals surface area contributed by atoms with E-state index in [9.17, 15) is 18.8 Å². The van der Waals surface area contributed by atoms with Crippen LogP contribution in [0.4, 0.5) is 9.18 Å². The number of halogens is 2. The smallest absolute Gasteiger partial charge is 0.322 e. The molecule has 1 unspecified atom stereocenters. The van der Waals surface area contributed by atoms with Gasteiger partial charge in [0.25, 0.3) is 5.91 Å². The Kier molecular flexibility index (Phi) is 7.06. The lowest BCUT2D eigenvalue weighted by Crippen LogP contribution is -2.53. The van der Waals surface area contributed by atoms with Crippen molar-refractivity contribution in [3.63, 3.8) is 0 Å². The summed E-state index contributed by atoms with van der Waals surface area (Å²) in [5.74, 6) is -1.01. The average molecular weight is 456 g/mol. The fourth-order valence-electron chi connectivity index (χ4n) is 4.45. The Hall–Kier alpha value is -2.39. The van der Waals surface area contributed by atoms with Crippen molar-refractivity contribution in [2.45, 2.75) is 37.6 Å². The van der Waals surface area contributed by atoms with Crippen molar-refractivity contribution in [3.8, 4) is 5.75 Å². The highest BCUT2D eigenvalue weighted by Gasteiger charge is 2.48. The van der Waals surface area contributed by atoms with E-state index in [0.29, 0.717) is 31.7 Å². The fraction of sp³-hybridized carbons (Fsp3) is 0.571. The molecule has 0 saturated carbocycles. The number of likely N-dealkylation sites (tertiary alicyclic amines) is 1. The number of ether oxygens (including phenoxy) is 2. The molecular weight excluding hydrogens is 429 g/mol. The maximum Gasteiger partial charge on any atom is 0.322 e. The molecule has 0 spiro atoms. The molecule has 0 radical (unpaired) electrons. The van der Waals surface area contributed by atoms with Crippen LogP contribution in [0.2, 0.25) is 5.02 Å². The Morgan fingerprint density at radius 3 is 2.55 bits per heavy atom. The second kappa shape index (κ2) is 9.40. The minimum atomic E-state index is -1.26. The first kappa shape index (κ1) is 23.3. The van der Waals surface area contributed by atoms with Crippen LogP contribution in [0.1, 0.15) is 37.7 Å². The fourth-order valence-corrected chi connectivity index (χ4v) is 4.60. The van der Waals surface area contributed by atoms with Crippen LogP contribution in [0.15, 0.2) is 12.1 Å². The number of nitrogens with zero attached hydrogens (tertiary/aromatic N) is 1. The predicted octanol–water partition coefficient (Wildman–Crippen LogP) is 2.44. The van der Waals surface area contributed by atoms with Crippen LogP contribution in [-0.2, 0) is 14.3 Å². The van der Waals surface area contributed by atoms with Gasteiger partial charge in [-0.3, -0.25) is 14.9 Å². The first-order valence-corrected chi connectivity index (χ1v) is 10.5. The number of hydrogen-bond acceptors (Lipinski definition) is 5. The maximum atomic E-state index is 14.0. The molecule has 2 atom stereocenters. The second-order valence-electron chi connectivity index (χ2n) is 8.14. The van der Waals surface area contributed by atoms with E-state index in [1.54, 1.807) is 11.8 Å². The Labute approximate surface area is 185 Å². The minimum absolute atomic E-state index is 0.00932. The van der Waals surface area contributed by atoms with Crippen LogP contribution in [-0.4, -0.2) is 62.2 Å². The minimum Gasteiger partial charge on any atom is -0.496 e. The molecule has 0 aromatic heterocycles. The molecule has 170 valence electrons. The number of imide groups is 1. The van der Waals surface area contributed by atoms with Crippen molar-refractivity contribution < 1.29 is 28.2 Å². The van der Waals surface area contributed by atoms with Crippen LogP contribution in [0, 0.1) is 11.7 Å². The number of urea groups is 1. The molecule has 1 aromatic carbocycles. The molecule has 1 aromatic rings. The van der Waals surface area contributed by atoms with Gasteiger partial charge in [-0.25, -0.2) is 9.18 Å². The number of hydrogen-bond donors (Lipinski definition) is 2. The lowest BCUT2D eigenvalue weighted by molar-refractivity contribution is -0.138. The van der Waals surface area contributed by atoms with Gasteiger partial charge in [0, 0.05) is 37.7 Å². The summed E-state index contributed by atoms with van der Waals surface area (Å²) in [5.41, 5.74) is -0.512. The molecule has 0 aliphatic carbocycles. The van der Waals surface area contributed by atoms with Crippen LogP contribution >= 0.6 is 11.6 Å². The van der Waals surface area contributed by atoms with Gasteiger partial charge in [0.1, 0.15) is 17.1 Å². The first-order valence-electron chi connectivity index (χ1n) is 10.1. The summed E-state index contributed by atoms with van der Waals surface area (Å²) in [6.45, 7) is 2.71. The van der Waals surface area contributed by atoms with E-state index in [0.717, 1.165) is 5.56 Å². The molecule has 4 amide bonds. The SMILES string of the molecule is COC[C@]1(CC(C)C(=O)N2CCC(c3cc(F)c(Cl)cc3OC)CC2)NC(=O)NC1=O. The molecule has 2 fully saturated rings. The summed E-state index contributed by atoms with van der Waals surface area (Å²) in [6, 6.07) is 2.29. The molecule has 0 bridgehead atoms. The van der Waals surface area contributed by atoms with Gasteiger partial charge in [-0.05, 0) is 31.2 Å². The zero-order valence-corrected chi connectivity index (χ0v) is 18.6. The number of methoxy groups -OCH3 is 2. The summed E-state index contributed by atoms with van der Waals surface area (Å²) in [5, 5.41) is 4.83. The van der Waals surface area contributed by atoms with Crippen LogP contribution in [0.3, 0.4) is 0 Å². The molecule has 2 saturated heterocycles. The van der Waals surface area contributed by atoms with Gasteiger partial charge in [0.05, 0.1) is 18.7 Å². The zero-order valence-electron chi connectivity index (χ0n) is 17.8. The van der Waals surface area contributed by atoms with Gasteiger partial charge in [-0.15, -0.1) is 0 Å². The highest BCUT2D eigenvalue weighted by Crippen LogP contribution is 2.37. The van der Waals surface area contributed by atoms with E-state index in [-0.39, 0.29) is 29.9 Å². The third-order valence-electron chi connectivity index (χ3n) is 6.00.